The monoisotopic (exact) mass is 259 g/mol. The van der Waals surface area contributed by atoms with Crippen LogP contribution < -0.4 is 5.32 Å². The van der Waals surface area contributed by atoms with Gasteiger partial charge in [-0.3, -0.25) is 14.9 Å². The number of carboxylic acid groups (broad SMARTS) is 1. The molecule has 0 bridgehead atoms. The van der Waals surface area contributed by atoms with E-state index in [1.54, 1.807) is 0 Å². The average molecular weight is 260 g/mol. The summed E-state index contributed by atoms with van der Waals surface area (Å²) in [5.41, 5.74) is -0.282. The average Bonchev–Trinajstić information content (AvgIpc) is 2.26. The summed E-state index contributed by atoms with van der Waals surface area (Å²) in [5, 5.41) is 22.1. The van der Waals surface area contributed by atoms with E-state index < -0.39 is 16.8 Å². The van der Waals surface area contributed by atoms with Crippen molar-refractivity contribution in [2.45, 2.75) is 6.92 Å². The van der Waals surface area contributed by atoms with Gasteiger partial charge in [0, 0.05) is 18.8 Å². The van der Waals surface area contributed by atoms with Gasteiger partial charge < -0.3 is 10.4 Å². The zero-order valence-electron chi connectivity index (χ0n) is 8.88. The predicted molar refractivity (Wildman–Crippen MR) is 61.2 cm³/mol. The number of pyridine rings is 1. The SMILES string of the molecule is CC(CNc1ncc(Cl)cc1[N+](=O)[O-])C(=O)O. The lowest BCUT2D eigenvalue weighted by molar-refractivity contribution is -0.384. The molecular weight excluding hydrogens is 250 g/mol. The van der Waals surface area contributed by atoms with Crippen molar-refractivity contribution >= 4 is 29.1 Å². The fraction of sp³-hybridized carbons (Fsp3) is 0.333. The molecule has 1 atom stereocenters. The Morgan fingerprint density at radius 3 is 2.94 bits per heavy atom. The van der Waals surface area contributed by atoms with E-state index in [0.29, 0.717) is 0 Å². The molecule has 0 fully saturated rings. The second kappa shape index (κ2) is 5.44. The normalized spacial score (nSPS) is 11.9. The molecule has 0 aliphatic carbocycles. The van der Waals surface area contributed by atoms with Crippen LogP contribution in [0.5, 0.6) is 0 Å². The molecular formula is C9H10ClN3O4. The Morgan fingerprint density at radius 1 is 1.76 bits per heavy atom. The molecule has 0 radical (unpaired) electrons. The van der Waals surface area contributed by atoms with Crippen molar-refractivity contribution < 1.29 is 14.8 Å². The number of hydrogen-bond acceptors (Lipinski definition) is 5. The molecule has 0 amide bonds. The van der Waals surface area contributed by atoms with Crippen LogP contribution in [0.3, 0.4) is 0 Å². The van der Waals surface area contributed by atoms with Crippen molar-refractivity contribution in [2.24, 2.45) is 5.92 Å². The van der Waals surface area contributed by atoms with Crippen molar-refractivity contribution in [1.29, 1.82) is 0 Å². The molecule has 0 saturated heterocycles. The highest BCUT2D eigenvalue weighted by Gasteiger charge is 2.18. The van der Waals surface area contributed by atoms with Crippen LogP contribution in [0, 0.1) is 16.0 Å². The summed E-state index contributed by atoms with van der Waals surface area (Å²) in [6, 6.07) is 1.16. The number of carbonyl (C=O) groups is 1. The predicted octanol–water partition coefficient (Wildman–Crippen LogP) is 1.78. The molecule has 92 valence electrons. The summed E-state index contributed by atoms with van der Waals surface area (Å²) in [6.45, 7) is 1.53. The van der Waals surface area contributed by atoms with Gasteiger partial charge >= 0.3 is 11.7 Å². The molecule has 7 nitrogen and oxygen atoms in total. The van der Waals surface area contributed by atoms with E-state index in [-0.39, 0.29) is 23.1 Å². The fourth-order valence-corrected chi connectivity index (χ4v) is 1.19. The van der Waals surface area contributed by atoms with Gasteiger partial charge in [-0.05, 0) is 0 Å². The van der Waals surface area contributed by atoms with Gasteiger partial charge in [-0.15, -0.1) is 0 Å². The van der Waals surface area contributed by atoms with Crippen molar-refractivity contribution in [3.05, 3.63) is 27.4 Å². The number of carboxylic acids is 1. The first-order chi connectivity index (χ1) is 7.91. The van der Waals surface area contributed by atoms with Crippen molar-refractivity contribution in [3.8, 4) is 0 Å². The minimum Gasteiger partial charge on any atom is -0.481 e. The Hall–Kier alpha value is -1.89. The largest absolute Gasteiger partial charge is 0.481 e. The number of nitrogens with zero attached hydrogens (tertiary/aromatic N) is 2. The van der Waals surface area contributed by atoms with Gasteiger partial charge in [0.15, 0.2) is 0 Å². The van der Waals surface area contributed by atoms with Crippen molar-refractivity contribution in [1.82, 2.24) is 4.98 Å². The molecule has 1 rings (SSSR count). The molecule has 17 heavy (non-hydrogen) atoms. The highest BCUT2D eigenvalue weighted by atomic mass is 35.5. The Morgan fingerprint density at radius 2 is 2.41 bits per heavy atom. The third kappa shape index (κ3) is 3.56. The summed E-state index contributed by atoms with van der Waals surface area (Å²) >= 11 is 5.59. The van der Waals surface area contributed by atoms with Gasteiger partial charge in [-0.2, -0.15) is 0 Å². The number of nitrogens with one attached hydrogen (secondary N) is 1. The van der Waals surface area contributed by atoms with Crippen LogP contribution in [0.4, 0.5) is 11.5 Å². The maximum absolute atomic E-state index is 10.7. The van der Waals surface area contributed by atoms with Crippen molar-refractivity contribution in [2.75, 3.05) is 11.9 Å². The number of aromatic nitrogens is 1. The number of anilines is 1. The molecule has 1 aromatic heterocycles. The van der Waals surface area contributed by atoms with E-state index in [4.69, 9.17) is 16.7 Å². The topological polar surface area (TPSA) is 105 Å². The van der Waals surface area contributed by atoms with E-state index in [9.17, 15) is 14.9 Å². The fourth-order valence-electron chi connectivity index (χ4n) is 1.04. The van der Waals surface area contributed by atoms with Gasteiger partial charge in [0.2, 0.25) is 5.82 Å². The highest BCUT2D eigenvalue weighted by molar-refractivity contribution is 6.30. The second-order valence-corrected chi connectivity index (χ2v) is 3.83. The molecule has 0 aliphatic rings. The smallest absolute Gasteiger partial charge is 0.312 e. The van der Waals surface area contributed by atoms with Crippen LogP contribution in [-0.2, 0) is 4.79 Å². The Balaban J connectivity index is 2.84. The maximum atomic E-state index is 10.7. The summed E-state index contributed by atoms with van der Waals surface area (Å²) in [4.78, 5) is 24.4. The molecule has 1 aromatic rings. The van der Waals surface area contributed by atoms with Gasteiger partial charge in [0.25, 0.3) is 0 Å². The number of aliphatic carboxylic acids is 1. The number of rotatable bonds is 5. The standard InChI is InChI=1S/C9H10ClN3O4/c1-5(9(14)15)3-11-8-7(13(16)17)2-6(10)4-12-8/h2,4-5H,3H2,1H3,(H,11,12)(H,14,15). The van der Waals surface area contributed by atoms with Crippen LogP contribution in [0.2, 0.25) is 5.02 Å². The van der Waals surface area contributed by atoms with E-state index in [1.165, 1.54) is 13.1 Å². The molecule has 2 N–H and O–H groups in total. The summed E-state index contributed by atoms with van der Waals surface area (Å²) in [5.74, 6) is -1.66. The number of hydrogen-bond donors (Lipinski definition) is 2. The molecule has 1 unspecified atom stereocenters. The van der Waals surface area contributed by atoms with E-state index in [1.807, 2.05) is 0 Å². The van der Waals surface area contributed by atoms with Crippen LogP contribution in [-0.4, -0.2) is 27.5 Å². The van der Waals surface area contributed by atoms with Crippen LogP contribution >= 0.6 is 11.6 Å². The molecule has 8 heteroatoms. The quantitative estimate of drug-likeness (QED) is 0.617. The minimum atomic E-state index is -0.992. The maximum Gasteiger partial charge on any atom is 0.312 e. The zero-order chi connectivity index (χ0) is 13.0. The third-order valence-corrected chi connectivity index (χ3v) is 2.23. The van der Waals surface area contributed by atoms with Crippen LogP contribution in [0.15, 0.2) is 12.3 Å². The van der Waals surface area contributed by atoms with Gasteiger partial charge in [-0.1, -0.05) is 18.5 Å². The van der Waals surface area contributed by atoms with Gasteiger partial charge in [0.05, 0.1) is 15.9 Å². The minimum absolute atomic E-state index is 0.00694. The first kappa shape index (κ1) is 13.2. The summed E-state index contributed by atoms with van der Waals surface area (Å²) < 4.78 is 0. The highest BCUT2D eigenvalue weighted by Crippen LogP contribution is 2.24. The molecule has 1 heterocycles. The van der Waals surface area contributed by atoms with Gasteiger partial charge in [-0.25, -0.2) is 4.98 Å². The lowest BCUT2D eigenvalue weighted by Gasteiger charge is -2.08. The van der Waals surface area contributed by atoms with Crippen molar-refractivity contribution in [3.63, 3.8) is 0 Å². The zero-order valence-corrected chi connectivity index (χ0v) is 9.64. The van der Waals surface area contributed by atoms with E-state index in [2.05, 4.69) is 10.3 Å². The lowest BCUT2D eigenvalue weighted by atomic mass is 10.2. The second-order valence-electron chi connectivity index (χ2n) is 3.40. The molecule has 0 spiro atoms. The van der Waals surface area contributed by atoms with Crippen LogP contribution in [0.1, 0.15) is 6.92 Å². The van der Waals surface area contributed by atoms with E-state index in [0.717, 1.165) is 6.07 Å². The Labute approximate surface area is 102 Å². The first-order valence-corrected chi connectivity index (χ1v) is 5.06. The molecule has 0 saturated carbocycles. The summed E-state index contributed by atoms with van der Waals surface area (Å²) in [7, 11) is 0. The van der Waals surface area contributed by atoms with Crippen LogP contribution in [0.25, 0.3) is 0 Å². The Kier molecular flexibility index (Phi) is 4.22. The Bertz CT molecular complexity index is 452. The molecule has 0 aromatic carbocycles. The van der Waals surface area contributed by atoms with E-state index >= 15 is 0 Å². The summed E-state index contributed by atoms with van der Waals surface area (Å²) in [6.07, 6.45) is 1.25. The molecule has 0 aliphatic heterocycles. The number of nitro groups is 1. The van der Waals surface area contributed by atoms with Gasteiger partial charge in [0.1, 0.15) is 0 Å². The number of halogens is 1. The third-order valence-electron chi connectivity index (χ3n) is 2.03. The lowest BCUT2D eigenvalue weighted by Crippen LogP contribution is -2.20. The first-order valence-electron chi connectivity index (χ1n) is 4.68.